The second-order valence-electron chi connectivity index (χ2n) is 4.77. The first-order chi connectivity index (χ1) is 10.0. The lowest BCUT2D eigenvalue weighted by molar-refractivity contribution is -0.130. The van der Waals surface area contributed by atoms with Crippen LogP contribution in [0.2, 0.25) is 5.02 Å². The number of amides is 4. The van der Waals surface area contributed by atoms with Crippen molar-refractivity contribution in [3.05, 3.63) is 29.3 Å². The molecule has 1 aliphatic heterocycles. The summed E-state index contributed by atoms with van der Waals surface area (Å²) >= 11 is 5.75. The van der Waals surface area contributed by atoms with E-state index in [9.17, 15) is 14.4 Å². The first kappa shape index (κ1) is 15.3. The molecule has 6 nitrogen and oxygen atoms in total. The van der Waals surface area contributed by atoms with Gasteiger partial charge >= 0.3 is 6.03 Å². The number of anilines is 1. The van der Waals surface area contributed by atoms with Crippen LogP contribution in [-0.4, -0.2) is 35.3 Å². The molecule has 7 heteroatoms. The van der Waals surface area contributed by atoms with E-state index in [-0.39, 0.29) is 12.5 Å². The van der Waals surface area contributed by atoms with Crippen LogP contribution in [0.15, 0.2) is 24.3 Å². The van der Waals surface area contributed by atoms with Gasteiger partial charge in [0.1, 0.15) is 12.6 Å². The Balaban J connectivity index is 1.94. The number of carbonyl (C=O) groups is 3. The van der Waals surface area contributed by atoms with Gasteiger partial charge in [-0.25, -0.2) is 4.79 Å². The fourth-order valence-electron chi connectivity index (χ4n) is 2.09. The molecule has 4 amide bonds. The highest BCUT2D eigenvalue weighted by Gasteiger charge is 2.38. The Morgan fingerprint density at radius 3 is 2.62 bits per heavy atom. The fraction of sp³-hybridized carbons (Fsp3) is 0.357. The first-order valence-electron chi connectivity index (χ1n) is 6.68. The zero-order valence-corrected chi connectivity index (χ0v) is 12.3. The molecule has 0 aliphatic carbocycles. The van der Waals surface area contributed by atoms with Crippen molar-refractivity contribution in [2.45, 2.75) is 25.8 Å². The summed E-state index contributed by atoms with van der Waals surface area (Å²) in [6, 6.07) is 5.53. The minimum Gasteiger partial charge on any atom is -0.326 e. The Morgan fingerprint density at radius 1 is 1.33 bits per heavy atom. The molecule has 0 spiro atoms. The van der Waals surface area contributed by atoms with Crippen LogP contribution in [0, 0.1) is 0 Å². The second-order valence-corrected chi connectivity index (χ2v) is 5.21. The lowest BCUT2D eigenvalue weighted by Crippen LogP contribution is -2.38. The van der Waals surface area contributed by atoms with E-state index in [0.717, 1.165) is 11.3 Å². The van der Waals surface area contributed by atoms with Crippen molar-refractivity contribution in [3.63, 3.8) is 0 Å². The number of urea groups is 1. The number of rotatable bonds is 5. The number of hydrogen-bond donors (Lipinski definition) is 2. The van der Waals surface area contributed by atoms with Crippen LogP contribution in [0.4, 0.5) is 10.5 Å². The maximum Gasteiger partial charge on any atom is 0.325 e. The Labute approximate surface area is 127 Å². The molecule has 1 unspecified atom stereocenters. The third kappa shape index (κ3) is 3.72. The van der Waals surface area contributed by atoms with Gasteiger partial charge in [-0.1, -0.05) is 24.9 Å². The summed E-state index contributed by atoms with van der Waals surface area (Å²) in [7, 11) is 0. The lowest BCUT2D eigenvalue weighted by Gasteiger charge is -2.13. The molecule has 1 aromatic carbocycles. The Morgan fingerprint density at radius 2 is 2.00 bits per heavy atom. The van der Waals surface area contributed by atoms with Crippen LogP contribution in [0.3, 0.4) is 0 Å². The normalized spacial score (nSPS) is 17.8. The van der Waals surface area contributed by atoms with Gasteiger partial charge in [0.05, 0.1) is 0 Å². The van der Waals surface area contributed by atoms with Crippen molar-refractivity contribution in [1.29, 1.82) is 0 Å². The molecule has 0 aromatic heterocycles. The van der Waals surface area contributed by atoms with Gasteiger partial charge in [-0.2, -0.15) is 0 Å². The van der Waals surface area contributed by atoms with Gasteiger partial charge < -0.3 is 10.6 Å². The minimum absolute atomic E-state index is 0.298. The maximum absolute atomic E-state index is 12.0. The van der Waals surface area contributed by atoms with E-state index in [0.29, 0.717) is 17.1 Å². The van der Waals surface area contributed by atoms with Crippen molar-refractivity contribution in [2.75, 3.05) is 11.9 Å². The molecule has 1 saturated heterocycles. The second kappa shape index (κ2) is 6.58. The van der Waals surface area contributed by atoms with E-state index in [1.165, 1.54) is 0 Å². The summed E-state index contributed by atoms with van der Waals surface area (Å²) < 4.78 is 0. The van der Waals surface area contributed by atoms with Crippen LogP contribution in [0.1, 0.15) is 19.8 Å². The number of halogens is 1. The van der Waals surface area contributed by atoms with Crippen molar-refractivity contribution in [1.82, 2.24) is 10.2 Å². The van der Waals surface area contributed by atoms with Gasteiger partial charge in [0.25, 0.3) is 5.91 Å². The zero-order chi connectivity index (χ0) is 15.4. The Hall–Kier alpha value is -2.08. The maximum atomic E-state index is 12.0. The summed E-state index contributed by atoms with van der Waals surface area (Å²) in [6.07, 6.45) is 1.35. The van der Waals surface area contributed by atoms with Gasteiger partial charge in [-0.15, -0.1) is 0 Å². The number of nitrogens with zero attached hydrogens (tertiary/aromatic N) is 1. The first-order valence-corrected chi connectivity index (χ1v) is 7.06. The van der Waals surface area contributed by atoms with Gasteiger partial charge in [-0.05, 0) is 30.7 Å². The third-order valence-corrected chi connectivity index (χ3v) is 3.37. The summed E-state index contributed by atoms with van der Waals surface area (Å²) in [4.78, 5) is 36.5. The average Bonchev–Trinajstić information content (AvgIpc) is 2.70. The lowest BCUT2D eigenvalue weighted by atomic mass is 10.2. The van der Waals surface area contributed by atoms with Gasteiger partial charge in [0.2, 0.25) is 5.91 Å². The van der Waals surface area contributed by atoms with Gasteiger partial charge in [0.15, 0.2) is 0 Å². The van der Waals surface area contributed by atoms with E-state index in [1.54, 1.807) is 24.3 Å². The van der Waals surface area contributed by atoms with Crippen molar-refractivity contribution in [3.8, 4) is 0 Å². The summed E-state index contributed by atoms with van der Waals surface area (Å²) in [5, 5.41) is 5.74. The molecule has 1 atom stereocenters. The molecule has 0 saturated carbocycles. The number of hydrogen-bond acceptors (Lipinski definition) is 3. The minimum atomic E-state index is -0.523. The predicted molar refractivity (Wildman–Crippen MR) is 79.0 cm³/mol. The molecule has 112 valence electrons. The topological polar surface area (TPSA) is 78.5 Å². The van der Waals surface area contributed by atoms with E-state index >= 15 is 0 Å². The van der Waals surface area contributed by atoms with E-state index in [1.807, 2.05) is 6.92 Å². The SMILES string of the molecule is CCCC1NC(=O)N(CC(=O)Nc2ccc(Cl)cc2)C1=O. The van der Waals surface area contributed by atoms with E-state index < -0.39 is 18.0 Å². The summed E-state index contributed by atoms with van der Waals surface area (Å²) in [5.41, 5.74) is 0.557. The van der Waals surface area contributed by atoms with Crippen molar-refractivity contribution < 1.29 is 14.4 Å². The van der Waals surface area contributed by atoms with Crippen LogP contribution in [0.25, 0.3) is 0 Å². The molecule has 21 heavy (non-hydrogen) atoms. The molecular formula is C14H16ClN3O3. The van der Waals surface area contributed by atoms with Crippen LogP contribution in [0.5, 0.6) is 0 Å². The van der Waals surface area contributed by atoms with Crippen LogP contribution < -0.4 is 10.6 Å². The third-order valence-electron chi connectivity index (χ3n) is 3.11. The molecule has 2 N–H and O–H groups in total. The number of benzene rings is 1. The number of imide groups is 1. The fourth-order valence-corrected chi connectivity index (χ4v) is 2.21. The number of carbonyl (C=O) groups excluding carboxylic acids is 3. The Kier molecular flexibility index (Phi) is 4.80. The molecular weight excluding hydrogens is 294 g/mol. The quantitative estimate of drug-likeness (QED) is 0.817. The average molecular weight is 310 g/mol. The van der Waals surface area contributed by atoms with E-state index in [2.05, 4.69) is 10.6 Å². The molecule has 0 radical (unpaired) electrons. The predicted octanol–water partition coefficient (Wildman–Crippen LogP) is 2.00. The largest absolute Gasteiger partial charge is 0.326 e. The number of nitrogens with one attached hydrogen (secondary N) is 2. The standard InChI is InChI=1S/C14H16ClN3O3/c1-2-3-11-13(20)18(14(21)17-11)8-12(19)16-10-6-4-9(15)5-7-10/h4-7,11H,2-3,8H2,1H3,(H,16,19)(H,17,21). The molecule has 1 aromatic rings. The van der Waals surface area contributed by atoms with Crippen LogP contribution >= 0.6 is 11.6 Å². The summed E-state index contributed by atoms with van der Waals surface area (Å²) in [6.45, 7) is 1.63. The van der Waals surface area contributed by atoms with Crippen LogP contribution in [-0.2, 0) is 9.59 Å². The molecule has 1 heterocycles. The smallest absolute Gasteiger partial charge is 0.325 e. The molecule has 1 fully saturated rings. The molecule has 1 aliphatic rings. The highest BCUT2D eigenvalue weighted by atomic mass is 35.5. The van der Waals surface area contributed by atoms with Crippen molar-refractivity contribution >= 4 is 35.1 Å². The molecule has 2 rings (SSSR count). The highest BCUT2D eigenvalue weighted by Crippen LogP contribution is 2.14. The van der Waals surface area contributed by atoms with Gasteiger partial charge in [0, 0.05) is 10.7 Å². The monoisotopic (exact) mass is 309 g/mol. The molecule has 0 bridgehead atoms. The summed E-state index contributed by atoms with van der Waals surface area (Å²) in [5.74, 6) is -0.786. The van der Waals surface area contributed by atoms with Gasteiger partial charge in [-0.3, -0.25) is 14.5 Å². The highest BCUT2D eigenvalue weighted by molar-refractivity contribution is 6.30. The van der Waals surface area contributed by atoms with E-state index in [4.69, 9.17) is 11.6 Å². The van der Waals surface area contributed by atoms with Crippen molar-refractivity contribution in [2.24, 2.45) is 0 Å². The zero-order valence-electron chi connectivity index (χ0n) is 11.6. The Bertz CT molecular complexity index is 559.